The highest BCUT2D eigenvalue weighted by atomic mass is 35.5. The van der Waals surface area contributed by atoms with E-state index in [1.807, 2.05) is 0 Å². The number of halogens is 5. The highest BCUT2D eigenvalue weighted by Crippen LogP contribution is 2.38. The summed E-state index contributed by atoms with van der Waals surface area (Å²) in [4.78, 5) is 26.9. The molecule has 3 aromatic carbocycles. The Morgan fingerprint density at radius 1 is 1.05 bits per heavy atom. The molecule has 1 aliphatic heterocycles. The first-order valence-corrected chi connectivity index (χ1v) is 12.4. The first-order chi connectivity index (χ1) is 17.5. The van der Waals surface area contributed by atoms with Gasteiger partial charge in [0.1, 0.15) is 5.75 Å². The number of ether oxygens (including phenoxy) is 1. The van der Waals surface area contributed by atoms with Crippen LogP contribution in [-0.2, 0) is 15.8 Å². The molecule has 3 aromatic rings. The topological polar surface area (TPSA) is 58.6 Å². The standard InChI is InChI=1S/C25H15Cl2F3N2O3S2/c26-18-9-8-15(12-19(18)27)32-23(34)21(37-24(32)36)11-14-4-3-5-16(10-14)35-13-22(33)31-20-7-2-1-6-17(20)25(28,29)30/h1-12H,13H2,(H,31,33)/b21-11-. The van der Waals surface area contributed by atoms with Crippen LogP contribution in [0.1, 0.15) is 11.1 Å². The molecule has 0 aromatic heterocycles. The summed E-state index contributed by atoms with van der Waals surface area (Å²) < 4.78 is 45.2. The predicted octanol–water partition coefficient (Wildman–Crippen LogP) is 7.44. The number of rotatable bonds is 6. The Hall–Kier alpha value is -3.05. The molecule has 190 valence electrons. The fraction of sp³-hybridized carbons (Fsp3) is 0.0800. The van der Waals surface area contributed by atoms with E-state index in [4.69, 9.17) is 40.2 Å². The Kier molecular flexibility index (Phi) is 8.13. The molecule has 1 saturated heterocycles. The van der Waals surface area contributed by atoms with Crippen LogP contribution in [0, 0.1) is 0 Å². The van der Waals surface area contributed by atoms with Gasteiger partial charge in [-0.1, -0.05) is 71.4 Å². The number of carbonyl (C=O) groups is 2. The molecule has 0 atom stereocenters. The Bertz CT molecular complexity index is 1430. The number of benzene rings is 3. The summed E-state index contributed by atoms with van der Waals surface area (Å²) in [5, 5.41) is 2.85. The van der Waals surface area contributed by atoms with Gasteiger partial charge in [0.25, 0.3) is 11.8 Å². The predicted molar refractivity (Wildman–Crippen MR) is 144 cm³/mol. The lowest BCUT2D eigenvalue weighted by Crippen LogP contribution is -2.27. The SMILES string of the molecule is O=C(COc1cccc(/C=C2\SC(=S)N(c3ccc(Cl)c(Cl)c3)C2=O)c1)Nc1ccccc1C(F)(F)F. The zero-order chi connectivity index (χ0) is 26.7. The fourth-order valence-electron chi connectivity index (χ4n) is 3.33. The molecule has 0 spiro atoms. The number of hydrogen-bond donors (Lipinski definition) is 1. The number of thioether (sulfide) groups is 1. The van der Waals surface area contributed by atoms with Crippen molar-refractivity contribution in [2.75, 3.05) is 16.8 Å². The first kappa shape index (κ1) is 27.0. The minimum absolute atomic E-state index is 0.285. The molecule has 5 nitrogen and oxygen atoms in total. The van der Waals surface area contributed by atoms with Crippen LogP contribution in [0.5, 0.6) is 5.75 Å². The molecule has 37 heavy (non-hydrogen) atoms. The van der Waals surface area contributed by atoms with Crippen molar-refractivity contribution in [2.24, 2.45) is 0 Å². The monoisotopic (exact) mass is 582 g/mol. The minimum Gasteiger partial charge on any atom is -0.484 e. The smallest absolute Gasteiger partial charge is 0.418 e. The second-order valence-corrected chi connectivity index (χ2v) is 10.1. The van der Waals surface area contributed by atoms with E-state index in [9.17, 15) is 22.8 Å². The number of thiocarbonyl (C=S) groups is 1. The summed E-state index contributed by atoms with van der Waals surface area (Å²) in [6.45, 7) is -0.519. The highest BCUT2D eigenvalue weighted by Gasteiger charge is 2.34. The van der Waals surface area contributed by atoms with Crippen molar-refractivity contribution >= 4 is 80.8 Å². The number of hydrogen-bond acceptors (Lipinski definition) is 5. The average molecular weight is 583 g/mol. The Balaban J connectivity index is 1.44. The van der Waals surface area contributed by atoms with E-state index in [1.165, 1.54) is 17.0 Å². The second-order valence-electron chi connectivity index (χ2n) is 7.57. The molecule has 12 heteroatoms. The van der Waals surface area contributed by atoms with Crippen LogP contribution in [0.25, 0.3) is 6.08 Å². The van der Waals surface area contributed by atoms with Crippen LogP contribution in [-0.4, -0.2) is 22.7 Å². The molecule has 0 saturated carbocycles. The first-order valence-electron chi connectivity index (χ1n) is 10.4. The van der Waals surface area contributed by atoms with Gasteiger partial charge in [-0.05, 0) is 54.1 Å². The van der Waals surface area contributed by atoms with Gasteiger partial charge >= 0.3 is 6.18 Å². The van der Waals surface area contributed by atoms with Crippen LogP contribution in [0.15, 0.2) is 71.6 Å². The van der Waals surface area contributed by atoms with Gasteiger partial charge in [0.2, 0.25) is 0 Å². The van der Waals surface area contributed by atoms with Crippen LogP contribution in [0.3, 0.4) is 0 Å². The molecular formula is C25H15Cl2F3N2O3S2. The fourth-order valence-corrected chi connectivity index (χ4v) is 4.93. The number of nitrogens with one attached hydrogen (secondary N) is 1. The van der Waals surface area contributed by atoms with Crippen molar-refractivity contribution in [1.82, 2.24) is 0 Å². The van der Waals surface area contributed by atoms with Crippen molar-refractivity contribution in [1.29, 1.82) is 0 Å². The van der Waals surface area contributed by atoms with E-state index in [0.29, 0.717) is 25.5 Å². The number of amides is 2. The molecule has 2 amide bonds. The van der Waals surface area contributed by atoms with Crippen LogP contribution in [0.2, 0.25) is 10.0 Å². The molecular weight excluding hydrogens is 568 g/mol. The van der Waals surface area contributed by atoms with Crippen LogP contribution in [0.4, 0.5) is 24.5 Å². The van der Waals surface area contributed by atoms with Gasteiger partial charge in [-0.15, -0.1) is 0 Å². The third-order valence-corrected chi connectivity index (χ3v) is 7.03. The third kappa shape index (κ3) is 6.45. The van der Waals surface area contributed by atoms with Crippen molar-refractivity contribution in [2.45, 2.75) is 6.18 Å². The summed E-state index contributed by atoms with van der Waals surface area (Å²) in [5.74, 6) is -0.819. The molecule has 0 unspecified atom stereocenters. The Labute approximate surface area is 229 Å². The lowest BCUT2D eigenvalue weighted by atomic mass is 10.1. The summed E-state index contributed by atoms with van der Waals surface area (Å²) in [6, 6.07) is 15.9. The van der Waals surface area contributed by atoms with Gasteiger partial charge < -0.3 is 10.1 Å². The zero-order valence-corrected chi connectivity index (χ0v) is 21.7. The number of alkyl halides is 3. The van der Waals surface area contributed by atoms with Crippen molar-refractivity contribution in [3.8, 4) is 5.75 Å². The average Bonchev–Trinajstić information content (AvgIpc) is 3.12. The molecule has 1 N–H and O–H groups in total. The van der Waals surface area contributed by atoms with E-state index < -0.39 is 24.3 Å². The number of carbonyl (C=O) groups excluding carboxylic acids is 2. The van der Waals surface area contributed by atoms with Crippen LogP contribution < -0.4 is 15.0 Å². The molecule has 1 fully saturated rings. The quantitative estimate of drug-likeness (QED) is 0.242. The van der Waals surface area contributed by atoms with Gasteiger partial charge in [0.05, 0.1) is 31.9 Å². The summed E-state index contributed by atoms with van der Waals surface area (Å²) in [6.07, 6.45) is -3.00. The maximum Gasteiger partial charge on any atom is 0.418 e. The Morgan fingerprint density at radius 3 is 2.54 bits per heavy atom. The van der Waals surface area contributed by atoms with Gasteiger partial charge in [0, 0.05) is 0 Å². The van der Waals surface area contributed by atoms with E-state index in [0.717, 1.165) is 23.9 Å². The maximum absolute atomic E-state index is 13.1. The maximum atomic E-state index is 13.1. The highest BCUT2D eigenvalue weighted by molar-refractivity contribution is 8.27. The molecule has 0 aliphatic carbocycles. The van der Waals surface area contributed by atoms with E-state index in [2.05, 4.69) is 5.32 Å². The lowest BCUT2D eigenvalue weighted by Gasteiger charge is -2.15. The van der Waals surface area contributed by atoms with Crippen LogP contribution >= 0.6 is 47.2 Å². The van der Waals surface area contributed by atoms with E-state index >= 15 is 0 Å². The molecule has 0 radical (unpaired) electrons. The zero-order valence-electron chi connectivity index (χ0n) is 18.5. The lowest BCUT2D eigenvalue weighted by molar-refractivity contribution is -0.137. The van der Waals surface area contributed by atoms with Crippen molar-refractivity contribution < 1.29 is 27.5 Å². The van der Waals surface area contributed by atoms with Gasteiger partial charge in [0.15, 0.2) is 10.9 Å². The Morgan fingerprint density at radius 2 is 1.81 bits per heavy atom. The van der Waals surface area contributed by atoms with Gasteiger partial charge in [-0.2, -0.15) is 13.2 Å². The number of nitrogens with zero attached hydrogens (tertiary/aromatic N) is 1. The van der Waals surface area contributed by atoms with Gasteiger partial charge in [-0.25, -0.2) is 0 Å². The summed E-state index contributed by atoms with van der Waals surface area (Å²) >= 11 is 18.5. The van der Waals surface area contributed by atoms with Crippen molar-refractivity contribution in [3.63, 3.8) is 0 Å². The minimum atomic E-state index is -4.61. The molecule has 1 heterocycles. The molecule has 1 aliphatic rings. The van der Waals surface area contributed by atoms with Crippen molar-refractivity contribution in [3.05, 3.63) is 92.8 Å². The van der Waals surface area contributed by atoms with Gasteiger partial charge in [-0.3, -0.25) is 14.5 Å². The number of para-hydroxylation sites is 1. The number of anilines is 2. The summed E-state index contributed by atoms with van der Waals surface area (Å²) in [7, 11) is 0. The summed E-state index contributed by atoms with van der Waals surface area (Å²) in [5.41, 5.74) is -0.240. The normalized spacial score (nSPS) is 14.8. The molecule has 4 rings (SSSR count). The van der Waals surface area contributed by atoms with E-state index in [-0.39, 0.29) is 22.4 Å². The second kappa shape index (κ2) is 11.1. The molecule has 0 bridgehead atoms. The third-order valence-electron chi connectivity index (χ3n) is 4.99. The van der Waals surface area contributed by atoms with E-state index in [1.54, 1.807) is 48.5 Å². The largest absolute Gasteiger partial charge is 0.484 e.